The first-order valence-corrected chi connectivity index (χ1v) is 8.71. The first-order valence-electron chi connectivity index (χ1n) is 8.71. The van der Waals surface area contributed by atoms with Crippen LogP contribution in [0.15, 0.2) is 4.99 Å². The summed E-state index contributed by atoms with van der Waals surface area (Å²) in [5, 5.41) is 3.80. The van der Waals surface area contributed by atoms with Gasteiger partial charge in [0.1, 0.15) is 0 Å². The van der Waals surface area contributed by atoms with E-state index in [1.807, 2.05) is 0 Å². The van der Waals surface area contributed by atoms with Gasteiger partial charge < -0.3 is 15.0 Å². The van der Waals surface area contributed by atoms with Gasteiger partial charge in [0.25, 0.3) is 0 Å². The molecule has 3 aliphatic rings. The maximum absolute atomic E-state index is 5.91. The number of ether oxygens (including phenoxy) is 1. The van der Waals surface area contributed by atoms with Crippen LogP contribution in [0.4, 0.5) is 0 Å². The fraction of sp³-hybridized carbons (Fsp3) is 0.941. The number of guanidine groups is 1. The number of nitrogens with one attached hydrogen (secondary N) is 1. The zero-order valence-corrected chi connectivity index (χ0v) is 16.8. The zero-order chi connectivity index (χ0) is 15.0. The van der Waals surface area contributed by atoms with E-state index in [0.717, 1.165) is 38.1 Å². The summed E-state index contributed by atoms with van der Waals surface area (Å²) in [6.45, 7) is 13.2. The first kappa shape index (κ1) is 18.3. The summed E-state index contributed by atoms with van der Waals surface area (Å²) in [5.41, 5.74) is 0.221. The maximum Gasteiger partial charge on any atom is 0.194 e. The van der Waals surface area contributed by atoms with E-state index in [0.29, 0.717) is 18.1 Å². The van der Waals surface area contributed by atoms with Gasteiger partial charge >= 0.3 is 0 Å². The van der Waals surface area contributed by atoms with Crippen LogP contribution in [0.2, 0.25) is 0 Å². The molecule has 0 bridgehead atoms. The Morgan fingerprint density at radius 3 is 2.59 bits per heavy atom. The number of halogens is 1. The average Bonchev–Trinajstić information content (AvgIpc) is 2.91. The summed E-state index contributed by atoms with van der Waals surface area (Å²) in [5.74, 6) is 2.66. The third-order valence-electron chi connectivity index (χ3n) is 5.78. The quantitative estimate of drug-likeness (QED) is 0.423. The normalized spacial score (nSPS) is 34.6. The second-order valence-corrected chi connectivity index (χ2v) is 7.65. The molecule has 3 fully saturated rings. The molecule has 0 aromatic heterocycles. The van der Waals surface area contributed by atoms with Crippen LogP contribution in [0, 0.1) is 17.3 Å². The zero-order valence-electron chi connectivity index (χ0n) is 14.5. The molecule has 3 rings (SSSR count). The maximum atomic E-state index is 5.91. The standard InChI is InChI=1S/C17H31N3O.HI/c1-5-18-16(20-9-6-12(2)7-10-20)19-14-13-8-11-21-15(13)17(14,3)4;/h12-15H,5-11H2,1-4H3,(H,18,19);1H. The molecule has 1 N–H and O–H groups in total. The molecule has 0 radical (unpaired) electrons. The molecule has 3 atom stereocenters. The van der Waals surface area contributed by atoms with E-state index in [-0.39, 0.29) is 29.4 Å². The number of nitrogens with zero attached hydrogens (tertiary/aromatic N) is 2. The van der Waals surface area contributed by atoms with E-state index in [2.05, 4.69) is 37.9 Å². The number of rotatable bonds is 2. The number of hydrogen-bond acceptors (Lipinski definition) is 2. The van der Waals surface area contributed by atoms with Gasteiger partial charge in [-0.25, -0.2) is 0 Å². The van der Waals surface area contributed by atoms with Crippen LogP contribution in [-0.4, -0.2) is 49.2 Å². The van der Waals surface area contributed by atoms with Crippen LogP contribution in [-0.2, 0) is 4.74 Å². The summed E-state index contributed by atoms with van der Waals surface area (Å²) < 4.78 is 5.91. The topological polar surface area (TPSA) is 36.9 Å². The molecule has 0 spiro atoms. The van der Waals surface area contributed by atoms with Crippen molar-refractivity contribution in [1.29, 1.82) is 0 Å². The van der Waals surface area contributed by atoms with Gasteiger partial charge in [-0.05, 0) is 32.1 Å². The predicted molar refractivity (Wildman–Crippen MR) is 102 cm³/mol. The molecule has 0 aromatic rings. The lowest BCUT2D eigenvalue weighted by Gasteiger charge is -2.55. The Bertz CT molecular complexity index is 405. The van der Waals surface area contributed by atoms with E-state index in [4.69, 9.17) is 9.73 Å². The molecule has 5 heteroatoms. The highest BCUT2D eigenvalue weighted by Gasteiger charge is 2.59. The van der Waals surface area contributed by atoms with Crippen molar-refractivity contribution >= 4 is 29.9 Å². The SMILES string of the molecule is CCN=C(NC1C2CCOC2C1(C)C)N1CCC(C)CC1.I. The third-order valence-corrected chi connectivity index (χ3v) is 5.78. The number of fused-ring (bicyclic) bond motifs is 1. The molecule has 2 aliphatic heterocycles. The minimum absolute atomic E-state index is 0. The number of piperidine rings is 1. The highest BCUT2D eigenvalue weighted by Crippen LogP contribution is 2.52. The second kappa shape index (κ2) is 7.24. The third kappa shape index (κ3) is 3.25. The van der Waals surface area contributed by atoms with E-state index < -0.39 is 0 Å². The molecule has 0 aromatic carbocycles. The van der Waals surface area contributed by atoms with Gasteiger partial charge in [-0.3, -0.25) is 4.99 Å². The number of aliphatic imine (C=N–C) groups is 1. The van der Waals surface area contributed by atoms with E-state index in [1.54, 1.807) is 0 Å². The summed E-state index contributed by atoms with van der Waals surface area (Å²) in [6.07, 6.45) is 4.21. The van der Waals surface area contributed by atoms with Crippen LogP contribution in [0.3, 0.4) is 0 Å². The molecule has 0 amide bonds. The van der Waals surface area contributed by atoms with Crippen molar-refractivity contribution in [2.24, 2.45) is 22.2 Å². The van der Waals surface area contributed by atoms with Crippen LogP contribution in [0.5, 0.6) is 0 Å². The van der Waals surface area contributed by atoms with Gasteiger partial charge in [0.2, 0.25) is 0 Å². The molecule has 1 saturated carbocycles. The van der Waals surface area contributed by atoms with Gasteiger partial charge in [-0.15, -0.1) is 24.0 Å². The fourth-order valence-electron chi connectivity index (χ4n) is 4.36. The molecule has 128 valence electrons. The molecular weight excluding hydrogens is 389 g/mol. The molecule has 2 saturated heterocycles. The summed E-state index contributed by atoms with van der Waals surface area (Å²) in [7, 11) is 0. The highest BCUT2D eigenvalue weighted by atomic mass is 127. The minimum Gasteiger partial charge on any atom is -0.377 e. The minimum atomic E-state index is 0. The van der Waals surface area contributed by atoms with Crippen molar-refractivity contribution in [3.8, 4) is 0 Å². The van der Waals surface area contributed by atoms with Crippen molar-refractivity contribution in [1.82, 2.24) is 10.2 Å². The molecule has 4 nitrogen and oxygen atoms in total. The first-order chi connectivity index (χ1) is 10.0. The molecular formula is C17H32IN3O. The van der Waals surface area contributed by atoms with Gasteiger partial charge in [0.15, 0.2) is 5.96 Å². The lowest BCUT2D eigenvalue weighted by Crippen LogP contribution is -2.68. The van der Waals surface area contributed by atoms with E-state index in [9.17, 15) is 0 Å². The van der Waals surface area contributed by atoms with Crippen LogP contribution in [0.1, 0.15) is 47.0 Å². The largest absolute Gasteiger partial charge is 0.377 e. The Morgan fingerprint density at radius 1 is 1.27 bits per heavy atom. The van der Waals surface area contributed by atoms with Crippen LogP contribution < -0.4 is 5.32 Å². The number of hydrogen-bond donors (Lipinski definition) is 1. The Hall–Kier alpha value is -0.0400. The van der Waals surface area contributed by atoms with E-state index >= 15 is 0 Å². The summed E-state index contributed by atoms with van der Waals surface area (Å²) >= 11 is 0. The summed E-state index contributed by atoms with van der Waals surface area (Å²) in [6, 6.07) is 0.509. The van der Waals surface area contributed by atoms with Gasteiger partial charge in [-0.2, -0.15) is 0 Å². The Kier molecular flexibility index (Phi) is 6.02. The van der Waals surface area contributed by atoms with E-state index in [1.165, 1.54) is 19.3 Å². The number of likely N-dealkylation sites (tertiary alicyclic amines) is 1. The smallest absolute Gasteiger partial charge is 0.194 e. The average molecular weight is 421 g/mol. The molecule has 22 heavy (non-hydrogen) atoms. The van der Waals surface area contributed by atoms with Gasteiger partial charge in [0.05, 0.1) is 6.10 Å². The van der Waals surface area contributed by atoms with Crippen LogP contribution in [0.25, 0.3) is 0 Å². The predicted octanol–water partition coefficient (Wildman–Crippen LogP) is 3.12. The Labute approximate surface area is 152 Å². The van der Waals surface area contributed by atoms with Crippen molar-refractivity contribution in [2.75, 3.05) is 26.2 Å². The lowest BCUT2D eigenvalue weighted by molar-refractivity contribution is -0.107. The van der Waals surface area contributed by atoms with Crippen molar-refractivity contribution in [2.45, 2.75) is 59.1 Å². The van der Waals surface area contributed by atoms with Gasteiger partial charge in [-0.1, -0.05) is 20.8 Å². The molecule has 1 aliphatic carbocycles. The van der Waals surface area contributed by atoms with Crippen molar-refractivity contribution in [3.63, 3.8) is 0 Å². The lowest BCUT2D eigenvalue weighted by atomic mass is 9.57. The van der Waals surface area contributed by atoms with Crippen molar-refractivity contribution < 1.29 is 4.74 Å². The molecule has 2 heterocycles. The fourth-order valence-corrected chi connectivity index (χ4v) is 4.36. The van der Waals surface area contributed by atoms with Crippen LogP contribution >= 0.6 is 24.0 Å². The Morgan fingerprint density at radius 2 is 1.95 bits per heavy atom. The van der Waals surface area contributed by atoms with Crippen molar-refractivity contribution in [3.05, 3.63) is 0 Å². The highest BCUT2D eigenvalue weighted by molar-refractivity contribution is 14.0. The van der Waals surface area contributed by atoms with Gasteiger partial charge in [0, 0.05) is 43.6 Å². The Balaban J connectivity index is 0.00000176. The summed E-state index contributed by atoms with van der Waals surface area (Å²) in [4.78, 5) is 7.23. The monoisotopic (exact) mass is 421 g/mol. The second-order valence-electron chi connectivity index (χ2n) is 7.65. The molecule has 3 unspecified atom stereocenters.